The Morgan fingerprint density at radius 3 is 0.591 bits per heavy atom. The molecule has 0 bridgehead atoms. The van der Waals surface area contributed by atoms with Crippen LogP contribution in [-0.2, 0) is 19.2 Å². The van der Waals surface area contributed by atoms with Crippen molar-refractivity contribution in [1.82, 2.24) is 0 Å². The van der Waals surface area contributed by atoms with E-state index in [0.717, 1.165) is 0 Å². The van der Waals surface area contributed by atoms with Crippen molar-refractivity contribution in [2.75, 3.05) is 26.2 Å². The molecule has 0 aliphatic heterocycles. The molecule has 22 heavy (non-hydrogen) atoms. The molecule has 0 aromatic carbocycles. The first-order valence-corrected chi connectivity index (χ1v) is 4.68. The predicted octanol–water partition coefficient (Wildman–Crippen LogP) is -9.98. The Hall–Kier alpha value is -0.254. The first-order chi connectivity index (χ1) is 9.08. The average molecular weight is 361 g/mol. The molecule has 0 amide bonds. The summed E-state index contributed by atoms with van der Waals surface area (Å²) in [5.74, 6) is -4.87. The number of rotatable bonds is 4. The van der Waals surface area contributed by atoms with E-state index in [9.17, 15) is 0 Å². The minimum absolute atomic E-state index is 0. The van der Waals surface area contributed by atoms with Crippen LogP contribution in [0.25, 0.3) is 0 Å². The Bertz CT molecular complexity index is 239. The molecule has 0 unspecified atom stereocenters. The number of aliphatic carboxylic acids is 4. The molecular formula is C8H16CaMgN4O8. The van der Waals surface area contributed by atoms with Crippen LogP contribution in [-0.4, -0.2) is 111 Å². The van der Waals surface area contributed by atoms with Crippen molar-refractivity contribution < 1.29 is 39.6 Å². The molecule has 0 rings (SSSR count). The van der Waals surface area contributed by atoms with Crippen LogP contribution in [0.5, 0.6) is 0 Å². The number of hydrogen-bond acceptors (Lipinski definition) is 12. The van der Waals surface area contributed by atoms with Gasteiger partial charge < -0.3 is 62.5 Å². The molecule has 0 atom stereocenters. The number of carbonyl (C=O) groups excluding carboxylic acids is 4. The normalized spacial score (nSPS) is 6.73. The molecule has 14 heteroatoms. The third-order valence-electron chi connectivity index (χ3n) is 0.667. The Labute approximate surface area is 172 Å². The molecular weight excluding hydrogens is 344 g/mol. The summed E-state index contributed by atoms with van der Waals surface area (Å²) >= 11 is 0. The van der Waals surface area contributed by atoms with Crippen LogP contribution in [0.4, 0.5) is 0 Å². The fourth-order valence-electron chi connectivity index (χ4n) is 0. The SMILES string of the molecule is NCC(=O)[O-].NCC(=O)[O-].NCC(=O)[O-].NCC(=O)[O-].[Ca+2].[Mg+2]. The Morgan fingerprint density at radius 2 is 0.591 bits per heavy atom. The van der Waals surface area contributed by atoms with Crippen LogP contribution < -0.4 is 43.4 Å². The molecule has 8 N–H and O–H groups in total. The zero-order valence-electron chi connectivity index (χ0n) is 11.8. The fourth-order valence-corrected chi connectivity index (χ4v) is 0. The van der Waals surface area contributed by atoms with Crippen LogP contribution in [0.2, 0.25) is 0 Å². The van der Waals surface area contributed by atoms with Crippen molar-refractivity contribution in [3.63, 3.8) is 0 Å². The van der Waals surface area contributed by atoms with Gasteiger partial charge >= 0.3 is 60.8 Å². The molecule has 0 aliphatic rings. The van der Waals surface area contributed by atoms with Crippen molar-refractivity contribution in [3.05, 3.63) is 0 Å². The van der Waals surface area contributed by atoms with Gasteiger partial charge in [0.2, 0.25) is 0 Å². The van der Waals surface area contributed by atoms with E-state index in [-0.39, 0.29) is 87.0 Å². The van der Waals surface area contributed by atoms with Crippen molar-refractivity contribution in [1.29, 1.82) is 0 Å². The van der Waals surface area contributed by atoms with E-state index in [0.29, 0.717) is 0 Å². The summed E-state index contributed by atoms with van der Waals surface area (Å²) in [5.41, 5.74) is 18.0. The first kappa shape index (κ1) is 37.7. The molecule has 0 spiro atoms. The maximum absolute atomic E-state index is 9.13. The molecule has 0 aromatic heterocycles. The maximum Gasteiger partial charge on any atom is 2.00 e. The van der Waals surface area contributed by atoms with Gasteiger partial charge in [0.1, 0.15) is 0 Å². The fraction of sp³-hybridized carbons (Fsp3) is 0.500. The van der Waals surface area contributed by atoms with Gasteiger partial charge in [-0.3, -0.25) is 0 Å². The van der Waals surface area contributed by atoms with Crippen molar-refractivity contribution in [2.45, 2.75) is 0 Å². The number of carboxylic acid groups (broad SMARTS) is 4. The van der Waals surface area contributed by atoms with Crippen LogP contribution >= 0.6 is 0 Å². The zero-order valence-corrected chi connectivity index (χ0v) is 15.4. The van der Waals surface area contributed by atoms with Gasteiger partial charge in [-0.1, -0.05) is 0 Å². The number of nitrogens with two attached hydrogens (primary N) is 4. The van der Waals surface area contributed by atoms with Gasteiger partial charge in [-0.25, -0.2) is 0 Å². The van der Waals surface area contributed by atoms with Crippen molar-refractivity contribution >= 4 is 84.7 Å². The van der Waals surface area contributed by atoms with Gasteiger partial charge in [0.25, 0.3) is 0 Å². The second-order valence-electron chi connectivity index (χ2n) is 2.30. The molecule has 0 aliphatic carbocycles. The van der Waals surface area contributed by atoms with Crippen molar-refractivity contribution in [3.8, 4) is 0 Å². The minimum Gasteiger partial charge on any atom is -0.549 e. The average Bonchev–Trinajstić information content (AvgIpc) is 2.40. The molecule has 0 saturated carbocycles. The standard InChI is InChI=1S/4C2H5NO2.Ca.Mg/c4*3-1-2(4)5;;/h4*1,3H2,(H,4,5);;/q;;;;2*+2/p-4. The van der Waals surface area contributed by atoms with E-state index in [2.05, 4.69) is 22.9 Å². The van der Waals surface area contributed by atoms with Gasteiger partial charge in [0, 0.05) is 26.2 Å². The molecule has 0 saturated heterocycles. The molecule has 0 aromatic rings. The quantitative estimate of drug-likeness (QED) is 0.340. The van der Waals surface area contributed by atoms with Gasteiger partial charge in [-0.05, 0) is 0 Å². The maximum atomic E-state index is 9.13. The summed E-state index contributed by atoms with van der Waals surface area (Å²) in [5, 5.41) is 36.5. The number of carboxylic acids is 4. The Morgan fingerprint density at radius 1 is 0.545 bits per heavy atom. The molecule has 12 nitrogen and oxygen atoms in total. The summed E-state index contributed by atoms with van der Waals surface area (Å²) in [4.78, 5) is 36.5. The van der Waals surface area contributed by atoms with E-state index in [1.807, 2.05) is 0 Å². The third kappa shape index (κ3) is 116. The minimum atomic E-state index is -1.22. The van der Waals surface area contributed by atoms with Gasteiger partial charge in [-0.15, -0.1) is 0 Å². The molecule has 0 fully saturated rings. The summed E-state index contributed by atoms with van der Waals surface area (Å²) in [6.07, 6.45) is 0. The molecule has 0 heterocycles. The Balaban J connectivity index is -0.0000000376. The summed E-state index contributed by atoms with van der Waals surface area (Å²) in [7, 11) is 0. The Kier molecular flexibility index (Phi) is 56.0. The van der Waals surface area contributed by atoms with Gasteiger partial charge in [0.15, 0.2) is 0 Å². The summed E-state index contributed by atoms with van der Waals surface area (Å²) < 4.78 is 0. The number of carbonyl (C=O) groups is 4. The topological polar surface area (TPSA) is 265 Å². The largest absolute Gasteiger partial charge is 2.00 e. The van der Waals surface area contributed by atoms with Crippen LogP contribution in [0.15, 0.2) is 0 Å². The van der Waals surface area contributed by atoms with E-state index in [1.54, 1.807) is 0 Å². The molecule has 0 radical (unpaired) electrons. The van der Waals surface area contributed by atoms with E-state index >= 15 is 0 Å². The second-order valence-corrected chi connectivity index (χ2v) is 2.30. The predicted molar refractivity (Wildman–Crippen MR) is 67.8 cm³/mol. The first-order valence-electron chi connectivity index (χ1n) is 4.68. The second kappa shape index (κ2) is 32.6. The van der Waals surface area contributed by atoms with Crippen molar-refractivity contribution in [2.24, 2.45) is 22.9 Å². The molecule has 120 valence electrons. The van der Waals surface area contributed by atoms with E-state index in [4.69, 9.17) is 39.6 Å². The van der Waals surface area contributed by atoms with E-state index in [1.165, 1.54) is 0 Å². The summed E-state index contributed by atoms with van der Waals surface area (Å²) in [6, 6.07) is 0. The summed E-state index contributed by atoms with van der Waals surface area (Å²) in [6.45, 7) is -1.56. The van der Waals surface area contributed by atoms with Crippen LogP contribution in [0.3, 0.4) is 0 Å². The monoisotopic (exact) mass is 360 g/mol. The third-order valence-corrected chi connectivity index (χ3v) is 0.667. The van der Waals surface area contributed by atoms with Crippen LogP contribution in [0.1, 0.15) is 0 Å². The smallest absolute Gasteiger partial charge is 0.549 e. The zero-order chi connectivity index (χ0) is 17.1. The van der Waals surface area contributed by atoms with Gasteiger partial charge in [0.05, 0.1) is 23.9 Å². The number of hydrogen-bond donors (Lipinski definition) is 4. The van der Waals surface area contributed by atoms with E-state index < -0.39 is 23.9 Å². The van der Waals surface area contributed by atoms with Gasteiger partial charge in [-0.2, -0.15) is 0 Å². The van der Waals surface area contributed by atoms with Crippen LogP contribution in [0, 0.1) is 0 Å².